The summed E-state index contributed by atoms with van der Waals surface area (Å²) in [6.45, 7) is 4.18. The van der Waals surface area contributed by atoms with Crippen molar-refractivity contribution in [2.45, 2.75) is 31.7 Å². The maximum absolute atomic E-state index is 10.4. The van der Waals surface area contributed by atoms with Crippen molar-refractivity contribution in [2.24, 2.45) is 0 Å². The molecule has 1 aromatic carbocycles. The predicted octanol–water partition coefficient (Wildman–Crippen LogP) is 2.07. The molecule has 158 valence electrons. The Hall–Kier alpha value is -3.29. The highest BCUT2D eigenvalue weighted by atomic mass is 16.1. The minimum Gasteiger partial charge on any atom is -0.368 e. The fourth-order valence-electron chi connectivity index (χ4n) is 3.63. The van der Waals surface area contributed by atoms with Crippen molar-refractivity contribution in [1.29, 1.82) is 0 Å². The normalized spacial score (nSPS) is 16.5. The second kappa shape index (κ2) is 8.61. The number of carbonyl (C=O) groups excluding carboxylic acids is 1. The van der Waals surface area contributed by atoms with E-state index in [0.29, 0.717) is 25.4 Å². The molecule has 8 nitrogen and oxygen atoms in total. The highest BCUT2D eigenvalue weighted by Crippen LogP contribution is 2.45. The van der Waals surface area contributed by atoms with Crippen LogP contribution in [0.25, 0.3) is 0 Å². The summed E-state index contributed by atoms with van der Waals surface area (Å²) >= 11 is 0. The number of nitrogens with one attached hydrogen (secondary N) is 3. The Labute approximate surface area is 177 Å². The smallest absolute Gasteiger partial charge is 0.225 e. The topological polar surface area (TPSA) is 85.4 Å². The van der Waals surface area contributed by atoms with Crippen LogP contribution in [0.2, 0.25) is 0 Å². The van der Waals surface area contributed by atoms with Crippen LogP contribution in [0.15, 0.2) is 48.4 Å². The lowest BCUT2D eigenvalue weighted by Crippen LogP contribution is -2.32. The van der Waals surface area contributed by atoms with Crippen LogP contribution >= 0.6 is 0 Å². The number of likely N-dealkylation sites (N-methyl/N-ethyl adjacent to an activating group) is 1. The van der Waals surface area contributed by atoms with Crippen molar-refractivity contribution in [3.05, 3.63) is 54.0 Å². The molecule has 1 aliphatic carbocycles. The summed E-state index contributed by atoms with van der Waals surface area (Å²) in [6.07, 6.45) is 7.81. The molecule has 0 saturated heterocycles. The molecule has 30 heavy (non-hydrogen) atoms. The Morgan fingerprint density at radius 2 is 2.07 bits per heavy atom. The third-order valence-electron chi connectivity index (χ3n) is 5.72. The van der Waals surface area contributed by atoms with Crippen molar-refractivity contribution in [3.63, 3.8) is 0 Å². The van der Waals surface area contributed by atoms with Crippen LogP contribution in [0.3, 0.4) is 0 Å². The molecule has 2 aliphatic rings. The van der Waals surface area contributed by atoms with E-state index in [9.17, 15) is 4.79 Å². The van der Waals surface area contributed by atoms with Gasteiger partial charge in [-0.15, -0.1) is 0 Å². The second-order valence-corrected chi connectivity index (χ2v) is 7.81. The van der Waals surface area contributed by atoms with Gasteiger partial charge >= 0.3 is 0 Å². The number of aromatic nitrogens is 2. The van der Waals surface area contributed by atoms with Gasteiger partial charge in [-0.2, -0.15) is 4.98 Å². The first-order valence-electron chi connectivity index (χ1n) is 10.4. The molecule has 1 saturated carbocycles. The molecule has 0 spiro atoms. The summed E-state index contributed by atoms with van der Waals surface area (Å²) in [6, 6.07) is 10.6. The zero-order valence-corrected chi connectivity index (χ0v) is 17.6. The minimum absolute atomic E-state index is 0.131. The van der Waals surface area contributed by atoms with Gasteiger partial charge in [0.2, 0.25) is 12.4 Å². The quantitative estimate of drug-likeness (QED) is 0.411. The number of nitrogens with zero attached hydrogens (tertiary/aromatic N) is 4. The Morgan fingerprint density at radius 3 is 2.77 bits per heavy atom. The van der Waals surface area contributed by atoms with Crippen LogP contribution in [0.5, 0.6) is 0 Å². The van der Waals surface area contributed by atoms with E-state index < -0.39 is 0 Å². The van der Waals surface area contributed by atoms with Gasteiger partial charge in [0.25, 0.3) is 0 Å². The minimum atomic E-state index is -0.131. The largest absolute Gasteiger partial charge is 0.368 e. The number of carbonyl (C=O) groups is 1. The lowest BCUT2D eigenvalue weighted by atomic mass is 10.1. The number of amides is 1. The fourth-order valence-corrected chi connectivity index (χ4v) is 3.63. The van der Waals surface area contributed by atoms with E-state index in [1.807, 2.05) is 18.0 Å². The highest BCUT2D eigenvalue weighted by molar-refractivity contribution is 5.56. The summed E-state index contributed by atoms with van der Waals surface area (Å²) in [5.41, 5.74) is 3.59. The molecule has 3 N–H and O–H groups in total. The van der Waals surface area contributed by atoms with Gasteiger partial charge < -0.3 is 25.8 Å². The molecule has 8 heteroatoms. The van der Waals surface area contributed by atoms with Crippen LogP contribution in [-0.4, -0.2) is 48.7 Å². The van der Waals surface area contributed by atoms with Gasteiger partial charge in [0.15, 0.2) is 0 Å². The first kappa shape index (κ1) is 20.0. The summed E-state index contributed by atoms with van der Waals surface area (Å²) in [5.74, 6) is 1.44. The van der Waals surface area contributed by atoms with E-state index in [4.69, 9.17) is 0 Å². The van der Waals surface area contributed by atoms with Gasteiger partial charge in [0.1, 0.15) is 5.82 Å². The van der Waals surface area contributed by atoms with Gasteiger partial charge in [0, 0.05) is 38.2 Å². The monoisotopic (exact) mass is 407 g/mol. The van der Waals surface area contributed by atoms with Crippen LogP contribution < -0.4 is 25.8 Å². The van der Waals surface area contributed by atoms with Gasteiger partial charge in [-0.3, -0.25) is 4.79 Å². The van der Waals surface area contributed by atoms with Crippen molar-refractivity contribution in [1.82, 2.24) is 20.6 Å². The van der Waals surface area contributed by atoms with Gasteiger partial charge in [-0.05, 0) is 43.0 Å². The van der Waals surface area contributed by atoms with Crippen molar-refractivity contribution in [3.8, 4) is 0 Å². The van der Waals surface area contributed by atoms with E-state index in [1.54, 1.807) is 6.20 Å². The van der Waals surface area contributed by atoms with Gasteiger partial charge in [-0.1, -0.05) is 19.1 Å². The molecular weight excluding hydrogens is 378 g/mol. The number of anilines is 3. The zero-order valence-electron chi connectivity index (χ0n) is 17.6. The number of benzene rings is 1. The molecular formula is C22H29N7O. The number of aryl methyl sites for hydroxylation is 1. The van der Waals surface area contributed by atoms with Crippen LogP contribution in [0.1, 0.15) is 25.3 Å². The molecule has 0 unspecified atom stereocenters. The molecule has 0 atom stereocenters. The Kier molecular flexibility index (Phi) is 5.74. The van der Waals surface area contributed by atoms with Gasteiger partial charge in [0.05, 0.1) is 17.9 Å². The molecule has 1 amide bonds. The Morgan fingerprint density at radius 1 is 1.27 bits per heavy atom. The van der Waals surface area contributed by atoms with Crippen molar-refractivity contribution < 1.29 is 4.79 Å². The molecule has 2 heterocycles. The Balaban J connectivity index is 1.43. The maximum Gasteiger partial charge on any atom is 0.225 e. The van der Waals surface area contributed by atoms with E-state index in [1.165, 1.54) is 16.9 Å². The van der Waals surface area contributed by atoms with E-state index in [2.05, 4.69) is 68.2 Å². The van der Waals surface area contributed by atoms with Gasteiger partial charge in [-0.25, -0.2) is 4.98 Å². The summed E-state index contributed by atoms with van der Waals surface area (Å²) < 4.78 is 0. The molecule has 1 fully saturated rings. The molecule has 4 rings (SSSR count). The lowest BCUT2D eigenvalue weighted by Gasteiger charge is -2.21. The molecule has 1 aliphatic heterocycles. The second-order valence-electron chi connectivity index (χ2n) is 7.81. The van der Waals surface area contributed by atoms with E-state index >= 15 is 0 Å². The zero-order chi connectivity index (χ0) is 21.0. The first-order chi connectivity index (χ1) is 14.6. The summed E-state index contributed by atoms with van der Waals surface area (Å²) in [7, 11) is 1.95. The Bertz CT molecular complexity index is 908. The average Bonchev–Trinajstić information content (AvgIpc) is 3.38. The number of hydrogen-bond acceptors (Lipinski definition) is 7. The number of rotatable bonds is 10. The molecule has 0 bridgehead atoms. The molecule has 0 radical (unpaired) electrons. The standard InChI is InChI=1S/C22H29N7O/c1-3-17-4-6-18(7-5-17)29-14-19(25-15-29)22(9-10-22)27-21-24-11-8-20(26-21)28(2)13-12-23-16-30/h4-8,11,14,16,25H,3,9-10,12-13,15H2,1-2H3,(H,23,30)(H,24,26,27). The maximum atomic E-state index is 10.4. The van der Waals surface area contributed by atoms with Crippen molar-refractivity contribution in [2.75, 3.05) is 41.9 Å². The van der Waals surface area contributed by atoms with E-state index in [-0.39, 0.29) is 5.54 Å². The van der Waals surface area contributed by atoms with Crippen molar-refractivity contribution >= 4 is 23.9 Å². The van der Waals surface area contributed by atoms with Crippen LogP contribution in [-0.2, 0) is 11.2 Å². The molecule has 1 aromatic heterocycles. The number of hydrogen-bond donors (Lipinski definition) is 3. The third-order valence-corrected chi connectivity index (χ3v) is 5.72. The van der Waals surface area contributed by atoms with E-state index in [0.717, 1.165) is 31.7 Å². The van der Waals surface area contributed by atoms with Crippen LogP contribution in [0, 0.1) is 0 Å². The summed E-state index contributed by atoms with van der Waals surface area (Å²) in [5, 5.41) is 9.76. The summed E-state index contributed by atoms with van der Waals surface area (Å²) in [4.78, 5) is 23.7. The average molecular weight is 408 g/mol. The molecule has 2 aromatic rings. The fraction of sp³-hybridized carbons (Fsp3) is 0.409. The SMILES string of the molecule is CCc1ccc(N2C=C(C3(Nc4nccc(N(C)CCNC=O)n4)CC3)NC2)cc1. The third kappa shape index (κ3) is 4.32. The van der Waals surface area contributed by atoms with Crippen LogP contribution in [0.4, 0.5) is 17.5 Å². The highest BCUT2D eigenvalue weighted by Gasteiger charge is 2.48. The predicted molar refractivity (Wildman–Crippen MR) is 119 cm³/mol. The first-order valence-corrected chi connectivity index (χ1v) is 10.4. The lowest BCUT2D eigenvalue weighted by molar-refractivity contribution is -0.109.